The van der Waals surface area contributed by atoms with Crippen LogP contribution >= 0.6 is 11.6 Å². The number of likely N-dealkylation sites (tertiary alicyclic amines) is 1. The molecule has 33 heavy (non-hydrogen) atoms. The van der Waals surface area contributed by atoms with Crippen LogP contribution in [0.2, 0.25) is 5.02 Å². The van der Waals surface area contributed by atoms with Gasteiger partial charge in [-0.15, -0.1) is 0 Å². The van der Waals surface area contributed by atoms with E-state index in [-0.39, 0.29) is 34.0 Å². The van der Waals surface area contributed by atoms with E-state index in [2.05, 4.69) is 17.0 Å². The van der Waals surface area contributed by atoms with Crippen molar-refractivity contribution in [3.8, 4) is 5.75 Å². The Bertz CT molecular complexity index is 994. The highest BCUT2D eigenvalue weighted by molar-refractivity contribution is 6.34. The second-order valence-electron chi connectivity index (χ2n) is 7.89. The lowest BCUT2D eigenvalue weighted by molar-refractivity contribution is -0.167. The summed E-state index contributed by atoms with van der Waals surface area (Å²) in [6.07, 6.45) is -3.50. The molecular formula is C23H25ClF3N3O3. The molecule has 3 rings (SSSR count). The largest absolute Gasteiger partial charge is 0.496 e. The number of carbonyl (C=O) groups excluding carboxylic acids is 2. The van der Waals surface area contributed by atoms with Crippen molar-refractivity contribution in [2.24, 2.45) is 0 Å². The van der Waals surface area contributed by atoms with Gasteiger partial charge in [0.2, 0.25) is 0 Å². The molecule has 178 valence electrons. The molecule has 1 fully saturated rings. The van der Waals surface area contributed by atoms with Gasteiger partial charge in [-0.3, -0.25) is 14.5 Å². The number of nitrogens with zero attached hydrogens (tertiary/aromatic N) is 2. The van der Waals surface area contributed by atoms with E-state index in [0.29, 0.717) is 0 Å². The predicted molar refractivity (Wildman–Crippen MR) is 120 cm³/mol. The van der Waals surface area contributed by atoms with Crippen LogP contribution in [0.3, 0.4) is 0 Å². The van der Waals surface area contributed by atoms with Crippen LogP contribution in [0.15, 0.2) is 42.5 Å². The van der Waals surface area contributed by atoms with Crippen molar-refractivity contribution in [2.75, 3.05) is 32.6 Å². The van der Waals surface area contributed by atoms with Gasteiger partial charge in [0.05, 0.1) is 23.4 Å². The summed E-state index contributed by atoms with van der Waals surface area (Å²) >= 11 is 6.07. The number of carbonyl (C=O) groups is 2. The van der Waals surface area contributed by atoms with Crippen LogP contribution in [-0.4, -0.2) is 61.1 Å². The van der Waals surface area contributed by atoms with Gasteiger partial charge in [-0.2, -0.15) is 13.2 Å². The number of hydrogen-bond donors (Lipinski definition) is 1. The zero-order chi connectivity index (χ0) is 24.2. The Morgan fingerprint density at radius 1 is 1.18 bits per heavy atom. The van der Waals surface area contributed by atoms with E-state index in [4.69, 9.17) is 16.3 Å². The highest BCUT2D eigenvalue weighted by Crippen LogP contribution is 2.33. The number of rotatable bonds is 6. The zero-order valence-electron chi connectivity index (χ0n) is 18.3. The normalized spacial score (nSPS) is 15.2. The lowest BCUT2D eigenvalue weighted by Gasteiger charge is -2.37. The lowest BCUT2D eigenvalue weighted by Crippen LogP contribution is -2.45. The fraction of sp³-hybridized carbons (Fsp3) is 0.391. The average molecular weight is 484 g/mol. The molecule has 2 aromatic rings. The quantitative estimate of drug-likeness (QED) is 0.653. The molecule has 0 saturated carbocycles. The third-order valence-corrected chi connectivity index (χ3v) is 6.01. The lowest BCUT2D eigenvalue weighted by atomic mass is 10.0. The molecule has 10 heteroatoms. The zero-order valence-corrected chi connectivity index (χ0v) is 19.0. The molecule has 1 saturated heterocycles. The van der Waals surface area contributed by atoms with E-state index >= 15 is 0 Å². The van der Waals surface area contributed by atoms with E-state index < -0.39 is 12.1 Å². The molecule has 0 radical (unpaired) electrons. The molecule has 2 aromatic carbocycles. The Kier molecular flexibility index (Phi) is 7.86. The Hall–Kier alpha value is -2.78. The topological polar surface area (TPSA) is 61.9 Å². The van der Waals surface area contributed by atoms with Crippen LogP contribution in [0.4, 0.5) is 18.9 Å². The third kappa shape index (κ3) is 6.17. The molecular weight excluding hydrogens is 459 g/mol. The van der Waals surface area contributed by atoms with Crippen molar-refractivity contribution in [1.29, 1.82) is 0 Å². The number of piperidine rings is 1. The van der Waals surface area contributed by atoms with Crippen molar-refractivity contribution in [2.45, 2.75) is 31.6 Å². The summed E-state index contributed by atoms with van der Waals surface area (Å²) in [7, 11) is 2.98. The third-order valence-electron chi connectivity index (χ3n) is 5.70. The fourth-order valence-corrected chi connectivity index (χ4v) is 4.05. The summed E-state index contributed by atoms with van der Waals surface area (Å²) in [5, 5.41) is 1.51. The predicted octanol–water partition coefficient (Wildman–Crippen LogP) is 4.59. The number of alkyl halides is 3. The van der Waals surface area contributed by atoms with Gasteiger partial charge in [0.15, 0.2) is 0 Å². The van der Waals surface area contributed by atoms with Gasteiger partial charge in [0, 0.05) is 38.8 Å². The molecule has 0 aliphatic carbocycles. The molecule has 0 atom stereocenters. The van der Waals surface area contributed by atoms with E-state index in [1.807, 2.05) is 18.2 Å². The van der Waals surface area contributed by atoms with Gasteiger partial charge < -0.3 is 15.0 Å². The second kappa shape index (κ2) is 10.4. The van der Waals surface area contributed by atoms with Gasteiger partial charge in [-0.1, -0.05) is 41.9 Å². The number of methoxy groups -OCH3 is 1. The van der Waals surface area contributed by atoms with E-state index in [9.17, 15) is 22.8 Å². The Balaban J connectivity index is 1.67. The monoisotopic (exact) mass is 483 g/mol. The first-order valence-corrected chi connectivity index (χ1v) is 10.8. The van der Waals surface area contributed by atoms with Crippen molar-refractivity contribution in [3.05, 3.63) is 58.6 Å². The number of amides is 2. The van der Waals surface area contributed by atoms with Gasteiger partial charge in [-0.05, 0) is 24.5 Å². The summed E-state index contributed by atoms with van der Waals surface area (Å²) in [5.41, 5.74) is 1.06. The van der Waals surface area contributed by atoms with Crippen LogP contribution in [0, 0.1) is 0 Å². The molecule has 0 spiro atoms. The molecule has 1 aliphatic heterocycles. The van der Waals surface area contributed by atoms with Crippen LogP contribution in [-0.2, 0) is 11.3 Å². The maximum Gasteiger partial charge on any atom is 0.471 e. The highest BCUT2D eigenvalue weighted by Gasteiger charge is 2.39. The SMILES string of the molecule is COc1cc(NC(=O)C(F)(F)F)c(Cl)cc1C(=O)N(C)C1CCN(Cc2ccccc2)CC1. The van der Waals surface area contributed by atoms with Crippen LogP contribution in [0.1, 0.15) is 28.8 Å². The fourth-order valence-electron chi connectivity index (χ4n) is 3.84. The summed E-state index contributed by atoms with van der Waals surface area (Å²) in [4.78, 5) is 28.3. The van der Waals surface area contributed by atoms with Crippen LogP contribution in [0.25, 0.3) is 0 Å². The van der Waals surface area contributed by atoms with Gasteiger partial charge >= 0.3 is 12.1 Å². The van der Waals surface area contributed by atoms with Gasteiger partial charge in [0.1, 0.15) is 5.75 Å². The first kappa shape index (κ1) is 24.9. The summed E-state index contributed by atoms with van der Waals surface area (Å²) in [6, 6.07) is 12.5. The maximum absolute atomic E-state index is 13.1. The molecule has 1 aliphatic rings. The van der Waals surface area contributed by atoms with Crippen LogP contribution < -0.4 is 10.1 Å². The Labute approximate surface area is 195 Å². The Morgan fingerprint density at radius 3 is 2.39 bits per heavy atom. The summed E-state index contributed by atoms with van der Waals surface area (Å²) < 4.78 is 42.9. The summed E-state index contributed by atoms with van der Waals surface area (Å²) in [6.45, 7) is 2.51. The molecule has 0 bridgehead atoms. The van der Waals surface area contributed by atoms with Gasteiger partial charge in [0.25, 0.3) is 5.91 Å². The number of halogens is 4. The first-order valence-electron chi connectivity index (χ1n) is 10.4. The molecule has 1 heterocycles. The van der Waals surface area contributed by atoms with Crippen LogP contribution in [0.5, 0.6) is 5.75 Å². The highest BCUT2D eigenvalue weighted by atomic mass is 35.5. The standard InChI is InChI=1S/C23H25ClF3N3O3/c1-29(16-8-10-30(11-9-16)14-15-6-4-3-5-7-15)21(31)17-12-18(24)19(13-20(17)33-2)28-22(32)23(25,26)27/h3-7,12-13,16H,8-11,14H2,1-2H3,(H,28,32). The van der Waals surface area contributed by atoms with E-state index in [1.54, 1.807) is 17.3 Å². The van der Waals surface area contributed by atoms with Crippen molar-refractivity contribution >= 4 is 29.1 Å². The second-order valence-corrected chi connectivity index (χ2v) is 8.30. The number of benzene rings is 2. The molecule has 6 nitrogen and oxygen atoms in total. The minimum absolute atomic E-state index is 0.00221. The molecule has 2 amide bonds. The molecule has 1 N–H and O–H groups in total. The van der Waals surface area contributed by atoms with Crippen molar-refractivity contribution in [1.82, 2.24) is 9.80 Å². The van der Waals surface area contributed by atoms with Crippen molar-refractivity contribution in [3.63, 3.8) is 0 Å². The van der Waals surface area contributed by atoms with Gasteiger partial charge in [-0.25, -0.2) is 0 Å². The number of ether oxygens (including phenoxy) is 1. The minimum Gasteiger partial charge on any atom is -0.496 e. The maximum atomic E-state index is 13.1. The minimum atomic E-state index is -5.07. The van der Waals surface area contributed by atoms with E-state index in [0.717, 1.165) is 38.5 Å². The number of nitrogens with one attached hydrogen (secondary N) is 1. The van der Waals surface area contributed by atoms with Crippen molar-refractivity contribution < 1.29 is 27.5 Å². The van der Waals surface area contributed by atoms with E-state index in [1.165, 1.54) is 18.7 Å². The Morgan fingerprint density at radius 2 is 1.82 bits per heavy atom. The smallest absolute Gasteiger partial charge is 0.471 e. The molecule has 0 unspecified atom stereocenters. The average Bonchev–Trinajstić information content (AvgIpc) is 2.79. The number of hydrogen-bond acceptors (Lipinski definition) is 4. The molecule has 0 aromatic heterocycles. The number of anilines is 1. The first-order chi connectivity index (χ1) is 15.6. The summed E-state index contributed by atoms with van der Waals surface area (Å²) in [5.74, 6) is -2.50.